The minimum atomic E-state index is -0.161. The van der Waals surface area contributed by atoms with Crippen molar-refractivity contribution >= 4 is 0 Å². The molecule has 1 aliphatic heterocycles. The van der Waals surface area contributed by atoms with Crippen molar-refractivity contribution in [2.24, 2.45) is 0 Å². The Morgan fingerprint density at radius 2 is 1.66 bits per heavy atom. The van der Waals surface area contributed by atoms with E-state index in [1.807, 2.05) is 24.3 Å². The zero-order chi connectivity index (χ0) is 19.2. The molecular weight excluding hydrogens is 389 g/mol. The summed E-state index contributed by atoms with van der Waals surface area (Å²) >= 11 is 0. The number of fused-ring (bicyclic) bond motifs is 1. The van der Waals surface area contributed by atoms with Crippen LogP contribution >= 0.6 is 0 Å². The maximum atomic E-state index is 13.8. The lowest BCUT2D eigenvalue weighted by Gasteiger charge is -2.19. The molecule has 3 nitrogen and oxygen atoms in total. The lowest BCUT2D eigenvalue weighted by atomic mass is 9.89. The topological polar surface area (TPSA) is 30.5 Å². The predicted molar refractivity (Wildman–Crippen MR) is 108 cm³/mol. The third-order valence-corrected chi connectivity index (χ3v) is 5.14. The lowest BCUT2D eigenvalue weighted by molar-refractivity contribution is -0.00000775. The van der Waals surface area contributed by atoms with Gasteiger partial charge in [0.15, 0.2) is 11.5 Å². The normalized spacial score (nSPS) is 13.0. The largest absolute Gasteiger partial charge is 1.00 e. The Hall–Kier alpha value is -2.56. The number of hydrogen-bond acceptors (Lipinski definition) is 3. The lowest BCUT2D eigenvalue weighted by Crippen LogP contribution is -3.00. The fourth-order valence-electron chi connectivity index (χ4n) is 3.59. The Morgan fingerprint density at radius 3 is 2.48 bits per heavy atom. The smallest absolute Gasteiger partial charge is 0.231 e. The molecular formula is C24H24ClFNO2-. The zero-order valence-corrected chi connectivity index (χ0v) is 16.9. The zero-order valence-electron chi connectivity index (χ0n) is 16.1. The van der Waals surface area contributed by atoms with Gasteiger partial charge in [0.05, 0.1) is 0 Å². The average molecular weight is 413 g/mol. The van der Waals surface area contributed by atoms with E-state index in [0.717, 1.165) is 30.9 Å². The Labute approximate surface area is 177 Å². The molecule has 5 heteroatoms. The van der Waals surface area contributed by atoms with E-state index in [1.54, 1.807) is 6.07 Å². The molecule has 152 valence electrons. The average Bonchev–Trinajstić information content (AvgIpc) is 3.20. The first kappa shape index (κ1) is 21.2. The van der Waals surface area contributed by atoms with E-state index < -0.39 is 0 Å². The van der Waals surface area contributed by atoms with E-state index in [1.165, 1.54) is 17.2 Å². The maximum absolute atomic E-state index is 13.8. The molecule has 4 rings (SSSR count). The predicted octanol–water partition coefficient (Wildman–Crippen LogP) is 2.06. The van der Waals surface area contributed by atoms with Gasteiger partial charge in [0.25, 0.3) is 0 Å². The van der Waals surface area contributed by atoms with Crippen LogP contribution in [0.1, 0.15) is 29.0 Å². The summed E-state index contributed by atoms with van der Waals surface area (Å²) in [7, 11) is 0. The van der Waals surface area contributed by atoms with Crippen LogP contribution < -0.4 is 27.2 Å². The van der Waals surface area contributed by atoms with Crippen molar-refractivity contribution in [3.63, 3.8) is 0 Å². The molecule has 1 heterocycles. The molecule has 1 atom stereocenters. The summed E-state index contributed by atoms with van der Waals surface area (Å²) in [6, 6.07) is 23.6. The highest BCUT2D eigenvalue weighted by Gasteiger charge is 2.18. The highest BCUT2D eigenvalue weighted by atomic mass is 35.5. The molecule has 1 aliphatic rings. The first-order chi connectivity index (χ1) is 13.8. The highest BCUT2D eigenvalue weighted by Crippen LogP contribution is 2.36. The van der Waals surface area contributed by atoms with Crippen molar-refractivity contribution in [1.82, 2.24) is 5.32 Å². The molecule has 0 spiro atoms. The van der Waals surface area contributed by atoms with Crippen LogP contribution in [0.5, 0.6) is 11.5 Å². The van der Waals surface area contributed by atoms with Crippen LogP contribution in [0.15, 0.2) is 72.8 Å². The van der Waals surface area contributed by atoms with Gasteiger partial charge >= 0.3 is 0 Å². The number of ether oxygens (including phenoxy) is 2. The molecule has 29 heavy (non-hydrogen) atoms. The Morgan fingerprint density at radius 1 is 0.897 bits per heavy atom. The van der Waals surface area contributed by atoms with Gasteiger partial charge in [-0.15, -0.1) is 0 Å². The SMILES string of the molecule is Fc1ccccc1CNCCC(Cc1ccccc1)c1ccc2c(c1)OCO2.[Cl-]. The first-order valence-corrected chi connectivity index (χ1v) is 9.67. The fourth-order valence-corrected chi connectivity index (χ4v) is 3.59. The summed E-state index contributed by atoms with van der Waals surface area (Å²) in [6.07, 6.45) is 1.89. The summed E-state index contributed by atoms with van der Waals surface area (Å²) in [6.45, 7) is 1.62. The quantitative estimate of drug-likeness (QED) is 0.574. The second kappa shape index (κ2) is 10.3. The van der Waals surface area contributed by atoms with Gasteiger partial charge in [0.1, 0.15) is 5.82 Å². The van der Waals surface area contributed by atoms with Crippen LogP contribution in [0.25, 0.3) is 0 Å². The summed E-state index contributed by atoms with van der Waals surface area (Å²) in [5.74, 6) is 1.80. The number of nitrogens with one attached hydrogen (secondary N) is 1. The molecule has 0 aromatic heterocycles. The summed E-state index contributed by atoms with van der Waals surface area (Å²) in [5, 5.41) is 3.38. The Balaban J connectivity index is 0.00000240. The molecule has 3 aromatic carbocycles. The third-order valence-electron chi connectivity index (χ3n) is 5.14. The van der Waals surface area contributed by atoms with Gasteiger partial charge in [0, 0.05) is 12.1 Å². The molecule has 0 saturated heterocycles. The molecule has 0 amide bonds. The molecule has 1 unspecified atom stereocenters. The highest BCUT2D eigenvalue weighted by molar-refractivity contribution is 5.45. The summed E-state index contributed by atoms with van der Waals surface area (Å²) in [5.41, 5.74) is 3.24. The Kier molecular flexibility index (Phi) is 7.50. The molecule has 0 bridgehead atoms. The van der Waals surface area contributed by atoms with E-state index >= 15 is 0 Å². The van der Waals surface area contributed by atoms with Crippen molar-refractivity contribution in [2.45, 2.75) is 25.3 Å². The van der Waals surface area contributed by atoms with Gasteiger partial charge in [0.2, 0.25) is 6.79 Å². The Bertz CT molecular complexity index is 920. The van der Waals surface area contributed by atoms with Crippen molar-refractivity contribution in [1.29, 1.82) is 0 Å². The molecule has 0 radical (unpaired) electrons. The van der Waals surface area contributed by atoms with Crippen LogP contribution in [-0.4, -0.2) is 13.3 Å². The van der Waals surface area contributed by atoms with E-state index in [2.05, 4.69) is 41.7 Å². The van der Waals surface area contributed by atoms with Gasteiger partial charge in [-0.05, 0) is 54.6 Å². The van der Waals surface area contributed by atoms with Crippen LogP contribution in [0.2, 0.25) is 0 Å². The van der Waals surface area contributed by atoms with E-state index in [4.69, 9.17) is 9.47 Å². The van der Waals surface area contributed by atoms with Gasteiger partial charge in [-0.2, -0.15) is 0 Å². The van der Waals surface area contributed by atoms with Crippen molar-refractivity contribution < 1.29 is 26.3 Å². The monoisotopic (exact) mass is 412 g/mol. The number of halogens is 2. The van der Waals surface area contributed by atoms with Crippen LogP contribution in [0, 0.1) is 5.82 Å². The second-order valence-electron chi connectivity index (χ2n) is 7.06. The minimum absolute atomic E-state index is 0. The maximum Gasteiger partial charge on any atom is 0.231 e. The van der Waals surface area contributed by atoms with Gasteiger partial charge < -0.3 is 27.2 Å². The fraction of sp³-hybridized carbons (Fsp3) is 0.250. The van der Waals surface area contributed by atoms with Crippen LogP contribution in [0.4, 0.5) is 4.39 Å². The molecule has 3 aromatic rings. The minimum Gasteiger partial charge on any atom is -1.00 e. The van der Waals surface area contributed by atoms with E-state index in [-0.39, 0.29) is 25.0 Å². The number of hydrogen-bond donors (Lipinski definition) is 1. The van der Waals surface area contributed by atoms with Crippen LogP contribution in [0.3, 0.4) is 0 Å². The summed E-state index contributed by atoms with van der Waals surface area (Å²) < 4.78 is 24.8. The number of benzene rings is 3. The van der Waals surface area contributed by atoms with Crippen molar-refractivity contribution in [2.75, 3.05) is 13.3 Å². The van der Waals surface area contributed by atoms with Gasteiger partial charge in [-0.3, -0.25) is 0 Å². The summed E-state index contributed by atoms with van der Waals surface area (Å²) in [4.78, 5) is 0. The first-order valence-electron chi connectivity index (χ1n) is 9.67. The third kappa shape index (κ3) is 5.49. The molecule has 0 aliphatic carbocycles. The molecule has 0 saturated carbocycles. The van der Waals surface area contributed by atoms with Crippen molar-refractivity contribution in [3.8, 4) is 11.5 Å². The molecule has 1 N–H and O–H groups in total. The van der Waals surface area contributed by atoms with Crippen molar-refractivity contribution in [3.05, 3.63) is 95.3 Å². The van der Waals surface area contributed by atoms with Gasteiger partial charge in [-0.25, -0.2) is 4.39 Å². The van der Waals surface area contributed by atoms with Crippen LogP contribution in [-0.2, 0) is 13.0 Å². The van der Waals surface area contributed by atoms with E-state index in [9.17, 15) is 4.39 Å². The van der Waals surface area contributed by atoms with Gasteiger partial charge in [-0.1, -0.05) is 54.6 Å². The molecule has 0 fully saturated rings. The number of rotatable bonds is 8. The van der Waals surface area contributed by atoms with E-state index in [0.29, 0.717) is 18.0 Å². The second-order valence-corrected chi connectivity index (χ2v) is 7.06. The standard InChI is InChI=1S/C24H24FNO2.ClH/c25-22-9-5-4-8-21(22)16-26-13-12-20(14-18-6-2-1-3-7-18)19-10-11-23-24(15-19)28-17-27-23;/h1-11,15,20,26H,12-14,16-17H2;1H/p-1.